The van der Waals surface area contributed by atoms with Gasteiger partial charge in [0.1, 0.15) is 11.3 Å². The molecule has 104 valence electrons. The number of carbonyl (C=O) groups excluding carboxylic acids is 1. The number of carboxylic acid groups (broad SMARTS) is 1. The van der Waals surface area contributed by atoms with Crippen LogP contribution < -0.4 is 10.1 Å². The highest BCUT2D eigenvalue weighted by molar-refractivity contribution is 6.31. The van der Waals surface area contributed by atoms with Gasteiger partial charge in [-0.2, -0.15) is 0 Å². The van der Waals surface area contributed by atoms with Gasteiger partial charge in [0, 0.05) is 11.6 Å². The van der Waals surface area contributed by atoms with E-state index in [4.69, 9.17) is 21.4 Å². The first-order valence-electron chi connectivity index (χ1n) is 5.93. The third-order valence-electron chi connectivity index (χ3n) is 2.39. The highest BCUT2D eigenvalue weighted by atomic mass is 35.5. The quantitative estimate of drug-likeness (QED) is 0.841. The molecule has 0 spiro atoms. The number of carboxylic acids is 1. The number of amides is 1. The predicted octanol–water partition coefficient (Wildman–Crippen LogP) is 2.33. The van der Waals surface area contributed by atoms with Crippen LogP contribution in [-0.4, -0.2) is 29.6 Å². The molecule has 0 saturated carbocycles. The normalized spacial score (nSPS) is 11.7. The summed E-state index contributed by atoms with van der Waals surface area (Å²) < 4.78 is 5.37. The van der Waals surface area contributed by atoms with Gasteiger partial charge in [0.05, 0.1) is 0 Å². The molecule has 1 rings (SSSR count). The van der Waals surface area contributed by atoms with E-state index in [1.54, 1.807) is 6.92 Å². The fraction of sp³-hybridized carbons (Fsp3) is 0.385. The second kappa shape index (κ2) is 6.99. The molecule has 5 nitrogen and oxygen atoms in total. The summed E-state index contributed by atoms with van der Waals surface area (Å²) in [5.41, 5.74) is -0.0670. The van der Waals surface area contributed by atoms with E-state index in [-0.39, 0.29) is 17.2 Å². The number of aromatic carboxylic acids is 1. The monoisotopic (exact) mass is 285 g/mol. The Labute approximate surface area is 116 Å². The zero-order chi connectivity index (χ0) is 14.4. The average Bonchev–Trinajstić information content (AvgIpc) is 2.37. The van der Waals surface area contributed by atoms with Crippen LogP contribution >= 0.6 is 11.6 Å². The van der Waals surface area contributed by atoms with Crippen LogP contribution in [0.15, 0.2) is 18.2 Å². The lowest BCUT2D eigenvalue weighted by atomic mass is 10.2. The number of benzene rings is 1. The summed E-state index contributed by atoms with van der Waals surface area (Å²) >= 11 is 5.73. The van der Waals surface area contributed by atoms with E-state index < -0.39 is 12.1 Å². The molecular formula is C13H16ClNO4. The molecule has 1 atom stereocenters. The first kappa shape index (κ1) is 15.3. The summed E-state index contributed by atoms with van der Waals surface area (Å²) in [6.45, 7) is 4.05. The van der Waals surface area contributed by atoms with Gasteiger partial charge in [-0.3, -0.25) is 4.79 Å². The fourth-order valence-corrected chi connectivity index (χ4v) is 1.58. The van der Waals surface area contributed by atoms with Crippen LogP contribution in [0.5, 0.6) is 5.75 Å². The van der Waals surface area contributed by atoms with E-state index in [1.807, 2.05) is 6.92 Å². The van der Waals surface area contributed by atoms with E-state index in [0.717, 1.165) is 6.42 Å². The molecule has 0 radical (unpaired) electrons. The van der Waals surface area contributed by atoms with Crippen LogP contribution in [-0.2, 0) is 4.79 Å². The molecule has 0 saturated heterocycles. The molecule has 1 aromatic carbocycles. The van der Waals surface area contributed by atoms with Gasteiger partial charge < -0.3 is 15.2 Å². The van der Waals surface area contributed by atoms with Crippen molar-refractivity contribution >= 4 is 23.5 Å². The maximum Gasteiger partial charge on any atom is 0.339 e. The van der Waals surface area contributed by atoms with Crippen molar-refractivity contribution in [3.05, 3.63) is 28.8 Å². The van der Waals surface area contributed by atoms with E-state index in [0.29, 0.717) is 11.6 Å². The van der Waals surface area contributed by atoms with Crippen molar-refractivity contribution in [2.75, 3.05) is 6.54 Å². The van der Waals surface area contributed by atoms with Gasteiger partial charge in [-0.05, 0) is 31.5 Å². The largest absolute Gasteiger partial charge is 0.480 e. The Morgan fingerprint density at radius 1 is 1.47 bits per heavy atom. The lowest BCUT2D eigenvalue weighted by Gasteiger charge is -2.16. The highest BCUT2D eigenvalue weighted by Gasteiger charge is 2.18. The zero-order valence-electron chi connectivity index (χ0n) is 10.8. The fourth-order valence-electron chi connectivity index (χ4n) is 1.41. The Morgan fingerprint density at radius 3 is 2.74 bits per heavy atom. The predicted molar refractivity (Wildman–Crippen MR) is 71.8 cm³/mol. The van der Waals surface area contributed by atoms with Crippen molar-refractivity contribution in [3.8, 4) is 5.75 Å². The van der Waals surface area contributed by atoms with Crippen LogP contribution in [0.25, 0.3) is 0 Å². The van der Waals surface area contributed by atoms with E-state index in [1.165, 1.54) is 18.2 Å². The van der Waals surface area contributed by atoms with Crippen LogP contribution in [0.4, 0.5) is 0 Å². The molecular weight excluding hydrogens is 270 g/mol. The van der Waals surface area contributed by atoms with E-state index in [2.05, 4.69) is 5.32 Å². The molecule has 0 aliphatic rings. The first-order chi connectivity index (χ1) is 8.95. The Morgan fingerprint density at radius 2 is 2.16 bits per heavy atom. The minimum Gasteiger partial charge on any atom is -0.480 e. The Bertz CT molecular complexity index is 476. The van der Waals surface area contributed by atoms with Crippen LogP contribution in [0.3, 0.4) is 0 Å². The first-order valence-corrected chi connectivity index (χ1v) is 6.30. The van der Waals surface area contributed by atoms with Gasteiger partial charge in [0.25, 0.3) is 5.91 Å². The molecule has 19 heavy (non-hydrogen) atoms. The molecule has 0 heterocycles. The maximum atomic E-state index is 11.6. The Hall–Kier alpha value is -1.75. The number of hydrogen-bond donors (Lipinski definition) is 2. The molecule has 1 aromatic rings. The lowest BCUT2D eigenvalue weighted by Crippen LogP contribution is -2.36. The van der Waals surface area contributed by atoms with Crippen molar-refractivity contribution in [3.63, 3.8) is 0 Å². The summed E-state index contributed by atoms with van der Waals surface area (Å²) in [4.78, 5) is 22.7. The summed E-state index contributed by atoms with van der Waals surface area (Å²) in [6, 6.07) is 4.24. The smallest absolute Gasteiger partial charge is 0.339 e. The number of rotatable bonds is 6. The number of ether oxygens (including phenoxy) is 1. The highest BCUT2D eigenvalue weighted by Crippen LogP contribution is 2.23. The molecule has 6 heteroatoms. The minimum absolute atomic E-state index is 0.0670. The molecule has 0 fully saturated rings. The third-order valence-corrected chi connectivity index (χ3v) is 2.63. The van der Waals surface area contributed by atoms with Crippen molar-refractivity contribution in [2.45, 2.75) is 26.4 Å². The average molecular weight is 286 g/mol. The summed E-state index contributed by atoms with van der Waals surface area (Å²) in [5, 5.41) is 12.0. The van der Waals surface area contributed by atoms with Crippen molar-refractivity contribution in [1.29, 1.82) is 0 Å². The number of nitrogens with one attached hydrogen (secondary N) is 1. The number of carbonyl (C=O) groups is 2. The minimum atomic E-state index is -1.15. The van der Waals surface area contributed by atoms with Gasteiger partial charge in [-0.25, -0.2) is 4.79 Å². The van der Waals surface area contributed by atoms with Crippen LogP contribution in [0.2, 0.25) is 5.02 Å². The third kappa shape index (κ3) is 4.44. The summed E-state index contributed by atoms with van der Waals surface area (Å²) in [6.07, 6.45) is 0.0468. The molecule has 0 aliphatic carbocycles. The van der Waals surface area contributed by atoms with Crippen molar-refractivity contribution in [1.82, 2.24) is 5.32 Å². The Kier molecular flexibility index (Phi) is 5.63. The van der Waals surface area contributed by atoms with Crippen LogP contribution in [0.1, 0.15) is 30.6 Å². The van der Waals surface area contributed by atoms with E-state index >= 15 is 0 Å². The van der Waals surface area contributed by atoms with E-state index in [9.17, 15) is 9.59 Å². The van der Waals surface area contributed by atoms with Crippen molar-refractivity contribution in [2.24, 2.45) is 0 Å². The molecule has 0 aliphatic heterocycles. The van der Waals surface area contributed by atoms with Gasteiger partial charge in [0.15, 0.2) is 6.10 Å². The zero-order valence-corrected chi connectivity index (χ0v) is 11.5. The molecule has 1 unspecified atom stereocenters. The lowest BCUT2D eigenvalue weighted by molar-refractivity contribution is -0.127. The standard InChI is InChI=1S/C13H16ClNO4/c1-3-6-15-12(16)8(2)19-11-5-4-9(14)7-10(11)13(17)18/h4-5,7-8H,3,6H2,1-2H3,(H,15,16)(H,17,18). The van der Waals surface area contributed by atoms with Crippen molar-refractivity contribution < 1.29 is 19.4 Å². The molecule has 0 bridgehead atoms. The number of halogens is 1. The van der Waals surface area contributed by atoms with Crippen LogP contribution in [0, 0.1) is 0 Å². The van der Waals surface area contributed by atoms with Gasteiger partial charge in [-0.15, -0.1) is 0 Å². The topological polar surface area (TPSA) is 75.6 Å². The Balaban J connectivity index is 2.81. The molecule has 2 N–H and O–H groups in total. The van der Waals surface area contributed by atoms with Gasteiger partial charge in [-0.1, -0.05) is 18.5 Å². The summed E-state index contributed by atoms with van der Waals surface area (Å²) in [7, 11) is 0. The second-order valence-corrected chi connectivity index (χ2v) is 4.43. The van der Waals surface area contributed by atoms with Gasteiger partial charge >= 0.3 is 5.97 Å². The maximum absolute atomic E-state index is 11.6. The number of hydrogen-bond acceptors (Lipinski definition) is 3. The van der Waals surface area contributed by atoms with Gasteiger partial charge in [0.2, 0.25) is 0 Å². The second-order valence-electron chi connectivity index (χ2n) is 4.00. The summed E-state index contributed by atoms with van der Waals surface area (Å²) in [5.74, 6) is -1.32. The SMILES string of the molecule is CCCNC(=O)C(C)Oc1ccc(Cl)cc1C(=O)O. The molecule has 1 amide bonds. The molecule has 0 aromatic heterocycles.